The highest BCUT2D eigenvalue weighted by Gasteiger charge is 2.32. The molecule has 0 N–H and O–H groups in total. The summed E-state index contributed by atoms with van der Waals surface area (Å²) in [6.45, 7) is 2.97. The van der Waals surface area contributed by atoms with Gasteiger partial charge in [-0.15, -0.1) is 0 Å². The number of rotatable bonds is 11. The van der Waals surface area contributed by atoms with Gasteiger partial charge in [0.05, 0.1) is 35.1 Å². The summed E-state index contributed by atoms with van der Waals surface area (Å²) in [4.78, 5) is 0.195. The number of hydrogen-bond donors (Lipinski definition) is 0. The van der Waals surface area contributed by atoms with Gasteiger partial charge in [-0.2, -0.15) is 9.40 Å². The number of hydrogen-bond acceptors (Lipinski definition) is 6. The summed E-state index contributed by atoms with van der Waals surface area (Å²) in [5, 5.41) is 4.88. The van der Waals surface area contributed by atoms with Crippen LogP contribution in [0.3, 0.4) is 0 Å². The zero-order valence-electron chi connectivity index (χ0n) is 22.2. The van der Waals surface area contributed by atoms with E-state index in [1.807, 2.05) is 67.6 Å². The van der Waals surface area contributed by atoms with Crippen LogP contribution in [0.25, 0.3) is 5.69 Å². The van der Waals surface area contributed by atoms with E-state index in [4.69, 9.17) is 19.3 Å². The molecule has 0 spiro atoms. The first-order chi connectivity index (χ1) is 19.0. The van der Waals surface area contributed by atoms with E-state index in [1.54, 1.807) is 36.1 Å². The largest absolute Gasteiger partial charge is 0.497 e. The highest BCUT2D eigenvalue weighted by atomic mass is 32.2. The molecule has 1 fully saturated rings. The van der Waals surface area contributed by atoms with Gasteiger partial charge in [-0.05, 0) is 67.8 Å². The molecule has 0 aliphatic carbocycles. The Morgan fingerprint density at radius 3 is 2.28 bits per heavy atom. The maximum absolute atomic E-state index is 14.0. The average molecular weight is 548 g/mol. The lowest BCUT2D eigenvalue weighted by molar-refractivity contribution is 0.0924. The van der Waals surface area contributed by atoms with Gasteiger partial charge in [-0.3, -0.25) is 0 Å². The fraction of sp³-hybridized carbons (Fsp3) is 0.300. The molecule has 0 saturated carbocycles. The van der Waals surface area contributed by atoms with Gasteiger partial charge in [0.2, 0.25) is 15.9 Å². The lowest BCUT2D eigenvalue weighted by Crippen LogP contribution is -2.37. The van der Waals surface area contributed by atoms with Gasteiger partial charge in [0.25, 0.3) is 0 Å². The minimum absolute atomic E-state index is 0.0897. The maximum atomic E-state index is 14.0. The molecule has 39 heavy (non-hydrogen) atoms. The Bertz CT molecular complexity index is 1470. The molecule has 1 atom stereocenters. The van der Waals surface area contributed by atoms with Crippen LogP contribution in [0.2, 0.25) is 0 Å². The molecule has 1 aliphatic heterocycles. The van der Waals surface area contributed by atoms with E-state index in [0.717, 1.165) is 29.8 Å². The van der Waals surface area contributed by atoms with E-state index >= 15 is 0 Å². The third kappa shape index (κ3) is 6.00. The summed E-state index contributed by atoms with van der Waals surface area (Å²) in [7, 11) is -2.32. The molecule has 0 radical (unpaired) electrons. The molecule has 1 aliphatic rings. The van der Waals surface area contributed by atoms with Crippen LogP contribution in [-0.2, 0) is 27.7 Å². The van der Waals surface area contributed by atoms with Crippen LogP contribution in [0.1, 0.15) is 31.0 Å². The molecule has 0 amide bonds. The molecule has 2 heterocycles. The first kappa shape index (κ1) is 26.9. The van der Waals surface area contributed by atoms with Gasteiger partial charge in [0.15, 0.2) is 0 Å². The van der Waals surface area contributed by atoms with Gasteiger partial charge in [-0.1, -0.05) is 43.3 Å². The Balaban J connectivity index is 1.60. The summed E-state index contributed by atoms with van der Waals surface area (Å²) in [6.07, 6.45) is 2.16. The molecule has 5 rings (SSSR count). The quantitative estimate of drug-likeness (QED) is 0.243. The summed E-state index contributed by atoms with van der Waals surface area (Å²) < 4.78 is 48.8. The van der Waals surface area contributed by atoms with Crippen LogP contribution in [-0.4, -0.2) is 48.9 Å². The standard InChI is InChI=1S/C30H33N3O5S/c1-3-29-28(30(38-25-13-8-5-9-14-25)33(31-29)23-11-6-4-7-12-23)22-32(21-26-15-10-20-37-26)39(34,35)27-18-16-24(36-2)17-19-27/h4-9,11-14,16-19,26H,3,10,15,20-22H2,1-2H3/t26-/m0/s1. The number of aromatic nitrogens is 2. The van der Waals surface area contributed by atoms with Crippen LogP contribution in [0.5, 0.6) is 17.4 Å². The molecule has 0 bridgehead atoms. The minimum Gasteiger partial charge on any atom is -0.497 e. The number of ether oxygens (including phenoxy) is 3. The first-order valence-electron chi connectivity index (χ1n) is 13.1. The maximum Gasteiger partial charge on any atom is 0.243 e. The smallest absolute Gasteiger partial charge is 0.243 e. The Labute approximate surface area is 229 Å². The fourth-order valence-corrected chi connectivity index (χ4v) is 6.15. The third-order valence-corrected chi connectivity index (χ3v) is 8.60. The summed E-state index contributed by atoms with van der Waals surface area (Å²) >= 11 is 0. The Morgan fingerprint density at radius 1 is 0.974 bits per heavy atom. The van der Waals surface area contributed by atoms with Crippen molar-refractivity contribution in [1.82, 2.24) is 14.1 Å². The van der Waals surface area contributed by atoms with Crippen molar-refractivity contribution in [3.8, 4) is 23.1 Å². The monoisotopic (exact) mass is 547 g/mol. The number of aryl methyl sites for hydroxylation is 1. The Morgan fingerprint density at radius 2 is 1.67 bits per heavy atom. The topological polar surface area (TPSA) is 82.9 Å². The minimum atomic E-state index is -3.88. The molecule has 204 valence electrons. The van der Waals surface area contributed by atoms with E-state index < -0.39 is 10.0 Å². The molecule has 1 aromatic heterocycles. The van der Waals surface area contributed by atoms with Crippen molar-refractivity contribution >= 4 is 10.0 Å². The van der Waals surface area contributed by atoms with Gasteiger partial charge in [0.1, 0.15) is 11.5 Å². The fourth-order valence-electron chi connectivity index (χ4n) is 4.71. The van der Waals surface area contributed by atoms with Crippen molar-refractivity contribution in [2.24, 2.45) is 0 Å². The van der Waals surface area contributed by atoms with Gasteiger partial charge < -0.3 is 14.2 Å². The predicted octanol–water partition coefficient (Wildman–Crippen LogP) is 5.61. The van der Waals surface area contributed by atoms with Crippen LogP contribution in [0, 0.1) is 0 Å². The molecule has 3 aromatic carbocycles. The number of methoxy groups -OCH3 is 1. The Hall–Kier alpha value is -3.66. The predicted molar refractivity (Wildman–Crippen MR) is 149 cm³/mol. The van der Waals surface area contributed by atoms with Crippen LogP contribution < -0.4 is 9.47 Å². The second kappa shape index (κ2) is 12.0. The molecule has 4 aromatic rings. The van der Waals surface area contributed by atoms with E-state index in [2.05, 4.69) is 0 Å². The van der Waals surface area contributed by atoms with Crippen molar-refractivity contribution in [2.75, 3.05) is 20.3 Å². The number of nitrogens with zero attached hydrogens (tertiary/aromatic N) is 3. The van der Waals surface area contributed by atoms with Crippen LogP contribution in [0.4, 0.5) is 0 Å². The molecule has 8 nitrogen and oxygen atoms in total. The SMILES string of the molecule is CCc1nn(-c2ccccc2)c(Oc2ccccc2)c1CN(C[C@@H]1CCCO1)S(=O)(=O)c1ccc(OC)cc1. The van der Waals surface area contributed by atoms with Crippen LogP contribution in [0.15, 0.2) is 89.8 Å². The lowest BCUT2D eigenvalue weighted by Gasteiger charge is -2.25. The van der Waals surface area contributed by atoms with Crippen molar-refractivity contribution in [2.45, 2.75) is 43.7 Å². The molecule has 9 heteroatoms. The van der Waals surface area contributed by atoms with Crippen molar-refractivity contribution in [3.63, 3.8) is 0 Å². The van der Waals surface area contributed by atoms with Gasteiger partial charge >= 0.3 is 0 Å². The van der Waals surface area contributed by atoms with E-state index in [-0.39, 0.29) is 24.1 Å². The second-order valence-corrected chi connectivity index (χ2v) is 11.3. The highest BCUT2D eigenvalue weighted by Crippen LogP contribution is 2.34. The second-order valence-electron chi connectivity index (χ2n) is 9.35. The van der Waals surface area contributed by atoms with Crippen molar-refractivity contribution in [1.29, 1.82) is 0 Å². The van der Waals surface area contributed by atoms with Crippen LogP contribution >= 0.6 is 0 Å². The zero-order chi connectivity index (χ0) is 27.2. The number of benzene rings is 3. The van der Waals surface area contributed by atoms with E-state index in [9.17, 15) is 8.42 Å². The summed E-state index contributed by atoms with van der Waals surface area (Å²) in [5.41, 5.74) is 2.32. The molecular formula is C30H33N3O5S. The Kier molecular flexibility index (Phi) is 8.30. The summed E-state index contributed by atoms with van der Waals surface area (Å²) in [6, 6.07) is 25.6. The van der Waals surface area contributed by atoms with E-state index in [1.165, 1.54) is 4.31 Å². The normalized spacial score (nSPS) is 15.5. The van der Waals surface area contributed by atoms with Gasteiger partial charge in [0, 0.05) is 19.7 Å². The van der Waals surface area contributed by atoms with Crippen molar-refractivity contribution < 1.29 is 22.6 Å². The lowest BCUT2D eigenvalue weighted by atomic mass is 10.2. The number of para-hydroxylation sites is 2. The third-order valence-electron chi connectivity index (χ3n) is 6.78. The summed E-state index contributed by atoms with van der Waals surface area (Å²) in [5.74, 6) is 1.73. The van der Waals surface area contributed by atoms with Gasteiger partial charge in [-0.25, -0.2) is 13.1 Å². The van der Waals surface area contributed by atoms with E-state index in [0.29, 0.717) is 30.4 Å². The zero-order valence-corrected chi connectivity index (χ0v) is 23.0. The highest BCUT2D eigenvalue weighted by molar-refractivity contribution is 7.89. The number of sulfonamides is 1. The molecule has 1 saturated heterocycles. The molecule has 0 unspecified atom stereocenters. The van der Waals surface area contributed by atoms with Crippen molar-refractivity contribution in [3.05, 3.63) is 96.2 Å². The first-order valence-corrected chi connectivity index (χ1v) is 14.6. The average Bonchev–Trinajstić information content (AvgIpc) is 3.62. The molecular weight excluding hydrogens is 514 g/mol.